The fourth-order valence-corrected chi connectivity index (χ4v) is 8.34. The minimum Gasteiger partial charge on any atom is -0.393 e. The van der Waals surface area contributed by atoms with Crippen molar-refractivity contribution in [2.24, 2.45) is 34.5 Å². The highest BCUT2D eigenvalue weighted by molar-refractivity contribution is 9.09. The average molecular weight is 453 g/mol. The lowest BCUT2D eigenvalue weighted by Gasteiger charge is -2.61. The van der Waals surface area contributed by atoms with Crippen LogP contribution in [0, 0.1) is 34.5 Å². The first-order valence-electron chi connectivity index (χ1n) is 10.1. The Hall–Kier alpha value is -0.820. The lowest BCUT2D eigenvalue weighted by molar-refractivity contribution is -0.182. The van der Waals surface area contributed by atoms with Crippen molar-refractivity contribution >= 4 is 27.5 Å². The van der Waals surface area contributed by atoms with Gasteiger partial charge in [0.2, 0.25) is 0 Å². The Morgan fingerprint density at radius 1 is 1.36 bits per heavy atom. The number of allylic oxidation sites excluding steroid dienone is 4. The largest absolute Gasteiger partial charge is 0.393 e. The molecule has 154 valence electrons. The first-order valence-corrected chi connectivity index (χ1v) is 11.0. The fraction of sp³-hybridized carbons (Fsp3) is 0.727. The molecule has 6 heteroatoms. The van der Waals surface area contributed by atoms with Crippen molar-refractivity contribution < 1.29 is 24.9 Å². The number of ketones is 2. The molecule has 28 heavy (non-hydrogen) atoms. The van der Waals surface area contributed by atoms with Gasteiger partial charge in [-0.2, -0.15) is 0 Å². The van der Waals surface area contributed by atoms with Crippen molar-refractivity contribution in [1.29, 1.82) is 0 Å². The van der Waals surface area contributed by atoms with Crippen LogP contribution in [0.3, 0.4) is 0 Å². The molecule has 0 spiro atoms. The van der Waals surface area contributed by atoms with Crippen molar-refractivity contribution in [2.75, 3.05) is 6.61 Å². The van der Waals surface area contributed by atoms with Gasteiger partial charge in [0.05, 0.1) is 6.10 Å². The number of halogens is 1. The molecule has 9 atom stereocenters. The molecule has 4 aliphatic carbocycles. The van der Waals surface area contributed by atoms with E-state index in [1.807, 2.05) is 19.9 Å². The Labute approximate surface area is 174 Å². The summed E-state index contributed by atoms with van der Waals surface area (Å²) < 4.78 is 0. The van der Waals surface area contributed by atoms with Crippen LogP contribution in [-0.2, 0) is 9.59 Å². The predicted octanol–water partition coefficient (Wildman–Crippen LogP) is 2.18. The Morgan fingerprint density at radius 3 is 2.68 bits per heavy atom. The zero-order valence-electron chi connectivity index (χ0n) is 16.6. The van der Waals surface area contributed by atoms with Gasteiger partial charge in [0.15, 0.2) is 11.6 Å². The molecule has 0 heterocycles. The van der Waals surface area contributed by atoms with E-state index < -0.39 is 34.9 Å². The quantitative estimate of drug-likeness (QED) is 0.558. The summed E-state index contributed by atoms with van der Waals surface area (Å²) in [7, 11) is 0. The summed E-state index contributed by atoms with van der Waals surface area (Å²) >= 11 is 3.83. The van der Waals surface area contributed by atoms with Crippen LogP contribution >= 0.6 is 15.9 Å². The summed E-state index contributed by atoms with van der Waals surface area (Å²) in [5, 5.41) is 32.4. The molecule has 5 nitrogen and oxygen atoms in total. The molecule has 3 N–H and O–H groups in total. The Morgan fingerprint density at radius 2 is 2.04 bits per heavy atom. The van der Waals surface area contributed by atoms with Crippen LogP contribution in [0.25, 0.3) is 0 Å². The maximum atomic E-state index is 12.6. The summed E-state index contributed by atoms with van der Waals surface area (Å²) in [4.78, 5) is 24.6. The van der Waals surface area contributed by atoms with E-state index in [2.05, 4.69) is 22.9 Å². The van der Waals surface area contributed by atoms with Crippen LogP contribution in [0.15, 0.2) is 23.8 Å². The van der Waals surface area contributed by atoms with E-state index in [9.17, 15) is 24.9 Å². The Kier molecular flexibility index (Phi) is 4.63. The molecule has 0 aliphatic heterocycles. The fourth-order valence-electron chi connectivity index (χ4n) is 7.29. The van der Waals surface area contributed by atoms with Crippen LogP contribution < -0.4 is 0 Å². The maximum absolute atomic E-state index is 12.6. The third-order valence-electron chi connectivity index (χ3n) is 8.63. The van der Waals surface area contributed by atoms with Gasteiger partial charge in [0, 0.05) is 21.6 Å². The molecule has 0 radical (unpaired) electrons. The van der Waals surface area contributed by atoms with Crippen LogP contribution in [-0.4, -0.2) is 50.0 Å². The van der Waals surface area contributed by atoms with Crippen LogP contribution in [0.5, 0.6) is 0 Å². The summed E-state index contributed by atoms with van der Waals surface area (Å²) in [5.74, 6) is -0.869. The van der Waals surface area contributed by atoms with E-state index in [4.69, 9.17) is 0 Å². The van der Waals surface area contributed by atoms with E-state index in [0.29, 0.717) is 19.3 Å². The van der Waals surface area contributed by atoms with Crippen molar-refractivity contribution in [3.05, 3.63) is 23.8 Å². The van der Waals surface area contributed by atoms with Crippen molar-refractivity contribution in [2.45, 2.75) is 56.6 Å². The highest BCUT2D eigenvalue weighted by atomic mass is 79.9. The van der Waals surface area contributed by atoms with Gasteiger partial charge in [0.25, 0.3) is 0 Å². The van der Waals surface area contributed by atoms with Gasteiger partial charge >= 0.3 is 0 Å². The van der Waals surface area contributed by atoms with E-state index in [-0.39, 0.29) is 34.3 Å². The highest BCUT2D eigenvalue weighted by Crippen LogP contribution is 2.69. The van der Waals surface area contributed by atoms with Crippen LogP contribution in [0.4, 0.5) is 0 Å². The van der Waals surface area contributed by atoms with E-state index in [1.165, 1.54) is 0 Å². The number of alkyl halides is 1. The monoisotopic (exact) mass is 452 g/mol. The standard InChI is InChI=1S/C22H29BrO5/c1-11-6-14-18-15(23)8-12-7-13(25)4-5-20(12,2)19(18)16(26)9-21(14,3)22(11,28)17(27)10-24/h4-5,7,11,14-16,18-19,24,26,28H,6,8-10H2,1-3H3/t11?,14-,15?,16?,18+,19-,20-,21-,22-/m0/s1. The molecule has 3 saturated carbocycles. The van der Waals surface area contributed by atoms with Gasteiger partial charge in [-0.05, 0) is 49.2 Å². The lowest BCUT2D eigenvalue weighted by atomic mass is 9.46. The second kappa shape index (κ2) is 6.34. The molecule has 4 aliphatic rings. The second-order valence-electron chi connectivity index (χ2n) is 9.79. The zero-order chi connectivity index (χ0) is 20.6. The number of hydrogen-bond donors (Lipinski definition) is 3. The van der Waals surface area contributed by atoms with E-state index in [0.717, 1.165) is 5.57 Å². The zero-order valence-corrected chi connectivity index (χ0v) is 18.1. The van der Waals surface area contributed by atoms with E-state index >= 15 is 0 Å². The van der Waals surface area contributed by atoms with Crippen LogP contribution in [0.1, 0.15) is 40.0 Å². The van der Waals surface area contributed by atoms with Gasteiger partial charge in [-0.3, -0.25) is 9.59 Å². The van der Waals surface area contributed by atoms with Gasteiger partial charge in [-0.15, -0.1) is 0 Å². The van der Waals surface area contributed by atoms with Crippen LogP contribution in [0.2, 0.25) is 0 Å². The van der Waals surface area contributed by atoms with Gasteiger partial charge in [0.1, 0.15) is 12.2 Å². The van der Waals surface area contributed by atoms with Crippen molar-refractivity contribution in [1.82, 2.24) is 0 Å². The first-order chi connectivity index (χ1) is 13.0. The molecule has 3 fully saturated rings. The molecule has 4 rings (SSSR count). The molecule has 0 aromatic carbocycles. The number of fused-ring (bicyclic) bond motifs is 5. The first kappa shape index (κ1) is 20.5. The molecule has 0 amide bonds. The predicted molar refractivity (Wildman–Crippen MR) is 108 cm³/mol. The summed E-state index contributed by atoms with van der Waals surface area (Å²) in [6, 6.07) is 0. The second-order valence-corrected chi connectivity index (χ2v) is 11.0. The Bertz CT molecular complexity index is 790. The summed E-state index contributed by atoms with van der Waals surface area (Å²) in [6.07, 6.45) is 6.19. The minimum atomic E-state index is -1.64. The third-order valence-corrected chi connectivity index (χ3v) is 9.57. The molecule has 3 unspecified atom stereocenters. The summed E-state index contributed by atoms with van der Waals surface area (Å²) in [5.41, 5.74) is -1.81. The van der Waals surface area contributed by atoms with Gasteiger partial charge in [-0.1, -0.05) is 48.4 Å². The summed E-state index contributed by atoms with van der Waals surface area (Å²) in [6.45, 7) is 5.17. The van der Waals surface area contributed by atoms with Gasteiger partial charge in [-0.25, -0.2) is 0 Å². The van der Waals surface area contributed by atoms with Crippen molar-refractivity contribution in [3.8, 4) is 0 Å². The third kappa shape index (κ3) is 2.35. The topological polar surface area (TPSA) is 94.8 Å². The van der Waals surface area contributed by atoms with Gasteiger partial charge < -0.3 is 15.3 Å². The number of carbonyl (C=O) groups is 2. The SMILES string of the molecule is CC1C[C@H]2[C@@H]3C(Br)CC4=CC(=O)C=C[C@]4(C)[C@H]3C(O)C[C@]2(C)[C@@]1(O)C(=O)CO. The maximum Gasteiger partial charge on any atom is 0.190 e. The minimum absolute atomic E-state index is 0.0156. The molecule has 0 aromatic rings. The highest BCUT2D eigenvalue weighted by Gasteiger charge is 2.71. The average Bonchev–Trinajstić information content (AvgIpc) is 2.83. The number of Topliss-reactive ketones (excluding diaryl/α,β-unsaturated/α-hetero) is 1. The Balaban J connectivity index is 1.82. The number of rotatable bonds is 2. The smallest absolute Gasteiger partial charge is 0.190 e. The number of carbonyl (C=O) groups excluding carboxylic acids is 2. The molecule has 0 bridgehead atoms. The molecule has 0 saturated heterocycles. The number of aliphatic hydroxyl groups excluding tert-OH is 2. The molecular weight excluding hydrogens is 424 g/mol. The molecule has 0 aromatic heterocycles. The molecular formula is C22H29BrO5. The number of hydrogen-bond acceptors (Lipinski definition) is 5. The van der Waals surface area contributed by atoms with E-state index in [1.54, 1.807) is 12.2 Å². The number of aliphatic hydroxyl groups is 3. The lowest BCUT2D eigenvalue weighted by Crippen LogP contribution is -2.64. The van der Waals surface area contributed by atoms with Crippen molar-refractivity contribution in [3.63, 3.8) is 0 Å². The normalized spacial score (nSPS) is 52.5.